The lowest BCUT2D eigenvalue weighted by Gasteiger charge is -2.12. The van der Waals surface area contributed by atoms with Crippen molar-refractivity contribution in [1.82, 2.24) is 0 Å². The summed E-state index contributed by atoms with van der Waals surface area (Å²) in [5.74, 6) is 0. The highest BCUT2D eigenvalue weighted by molar-refractivity contribution is 5.29. The van der Waals surface area contributed by atoms with Crippen LogP contribution < -0.4 is 5.73 Å². The molecule has 0 aliphatic carbocycles. The highest BCUT2D eigenvalue weighted by atomic mass is 14.6. The Hall–Kier alpha value is -1.60. The zero-order chi connectivity index (χ0) is 11.1. The molecule has 1 nitrogen and oxygen atoms in total. The van der Waals surface area contributed by atoms with E-state index < -0.39 is 0 Å². The number of benzene rings is 1. The Morgan fingerprint density at radius 3 is 2.47 bits per heavy atom. The lowest BCUT2D eigenvalue weighted by atomic mass is 9.99. The van der Waals surface area contributed by atoms with Gasteiger partial charge in [-0.05, 0) is 17.6 Å². The Labute approximate surface area is 91.6 Å². The second-order valence-corrected chi connectivity index (χ2v) is 3.40. The van der Waals surface area contributed by atoms with Crippen molar-refractivity contribution in [3.63, 3.8) is 0 Å². The van der Waals surface area contributed by atoms with E-state index in [1.807, 2.05) is 24.3 Å². The van der Waals surface area contributed by atoms with Crippen LogP contribution in [0.5, 0.6) is 0 Å². The molecular weight excluding hydrogens is 182 g/mol. The molecule has 0 aliphatic heterocycles. The summed E-state index contributed by atoms with van der Waals surface area (Å²) in [6, 6.07) is 10.2. The number of rotatable bonds is 5. The van der Waals surface area contributed by atoms with Crippen LogP contribution in [0.2, 0.25) is 0 Å². The first-order chi connectivity index (χ1) is 7.27. The van der Waals surface area contributed by atoms with Gasteiger partial charge in [-0.15, -0.1) is 0 Å². The van der Waals surface area contributed by atoms with Crippen LogP contribution in [0.4, 0.5) is 0 Å². The average molecular weight is 199 g/mol. The van der Waals surface area contributed by atoms with Crippen molar-refractivity contribution in [2.75, 3.05) is 0 Å². The molecule has 0 aromatic heterocycles. The molecule has 78 valence electrons. The van der Waals surface area contributed by atoms with Crippen LogP contribution in [0.15, 0.2) is 67.3 Å². The van der Waals surface area contributed by atoms with Crippen LogP contribution in [-0.4, -0.2) is 6.04 Å². The first-order valence-corrected chi connectivity index (χ1v) is 5.02. The number of allylic oxidation sites excluding steroid dienone is 2. The predicted molar refractivity (Wildman–Crippen MR) is 66.6 cm³/mol. The van der Waals surface area contributed by atoms with Crippen molar-refractivity contribution >= 4 is 0 Å². The molecular formula is C14H17N. The standard InChI is InChI=1S/C14H17N/c1-3-8-13(4-2)14(15)11-12-9-6-5-7-10-12/h3-10,14H,1-2,11,15H2/b13-8+. The summed E-state index contributed by atoms with van der Waals surface area (Å²) in [5, 5.41) is 0. The first-order valence-electron chi connectivity index (χ1n) is 5.02. The van der Waals surface area contributed by atoms with Crippen molar-refractivity contribution in [1.29, 1.82) is 0 Å². The van der Waals surface area contributed by atoms with Crippen molar-refractivity contribution in [3.05, 3.63) is 72.9 Å². The molecule has 1 aromatic rings. The number of hydrogen-bond acceptors (Lipinski definition) is 1. The smallest absolute Gasteiger partial charge is 0.0335 e. The minimum Gasteiger partial charge on any atom is -0.324 e. The van der Waals surface area contributed by atoms with Gasteiger partial charge in [0.25, 0.3) is 0 Å². The molecule has 0 saturated heterocycles. The molecule has 15 heavy (non-hydrogen) atoms. The lowest BCUT2D eigenvalue weighted by Crippen LogP contribution is -2.24. The van der Waals surface area contributed by atoms with Crippen LogP contribution >= 0.6 is 0 Å². The van der Waals surface area contributed by atoms with Crippen LogP contribution in [0, 0.1) is 0 Å². The fraction of sp³-hybridized carbons (Fsp3) is 0.143. The molecule has 0 saturated carbocycles. The van der Waals surface area contributed by atoms with E-state index in [1.165, 1.54) is 5.56 Å². The summed E-state index contributed by atoms with van der Waals surface area (Å²) < 4.78 is 0. The number of hydrogen-bond donors (Lipinski definition) is 1. The van der Waals surface area contributed by atoms with Crippen molar-refractivity contribution in [2.45, 2.75) is 12.5 Å². The molecule has 1 aromatic carbocycles. The Kier molecular flexibility index (Phi) is 4.58. The molecule has 0 spiro atoms. The van der Waals surface area contributed by atoms with Gasteiger partial charge in [0.05, 0.1) is 0 Å². The van der Waals surface area contributed by atoms with Crippen LogP contribution in [-0.2, 0) is 6.42 Å². The third kappa shape index (κ3) is 3.56. The summed E-state index contributed by atoms with van der Waals surface area (Å²) in [6.45, 7) is 7.40. The Balaban J connectivity index is 2.70. The van der Waals surface area contributed by atoms with Gasteiger partial charge in [0.2, 0.25) is 0 Å². The third-order valence-electron chi connectivity index (χ3n) is 2.27. The minimum atomic E-state index is -0.0112. The monoisotopic (exact) mass is 199 g/mol. The van der Waals surface area contributed by atoms with Gasteiger partial charge >= 0.3 is 0 Å². The zero-order valence-corrected chi connectivity index (χ0v) is 8.89. The predicted octanol–water partition coefficient (Wildman–Crippen LogP) is 2.85. The average Bonchev–Trinajstić information content (AvgIpc) is 2.27. The van der Waals surface area contributed by atoms with Gasteiger partial charge in [0.15, 0.2) is 0 Å². The fourth-order valence-corrected chi connectivity index (χ4v) is 1.46. The number of nitrogens with two attached hydrogens (primary N) is 1. The van der Waals surface area contributed by atoms with E-state index in [0.29, 0.717) is 0 Å². The molecule has 0 fully saturated rings. The molecule has 0 heterocycles. The van der Waals surface area contributed by atoms with Gasteiger partial charge in [-0.3, -0.25) is 0 Å². The third-order valence-corrected chi connectivity index (χ3v) is 2.27. The fourth-order valence-electron chi connectivity index (χ4n) is 1.46. The van der Waals surface area contributed by atoms with Crippen LogP contribution in [0.1, 0.15) is 5.56 Å². The molecule has 0 bridgehead atoms. The molecule has 1 atom stereocenters. The second kappa shape index (κ2) is 5.99. The minimum absolute atomic E-state index is 0.0112. The van der Waals surface area contributed by atoms with E-state index >= 15 is 0 Å². The lowest BCUT2D eigenvalue weighted by molar-refractivity contribution is 0.781. The topological polar surface area (TPSA) is 26.0 Å². The SMILES string of the molecule is C=C/C=C(\C=C)C(N)Cc1ccccc1. The van der Waals surface area contributed by atoms with Gasteiger partial charge in [0.1, 0.15) is 0 Å². The van der Waals surface area contributed by atoms with E-state index in [1.54, 1.807) is 12.2 Å². The van der Waals surface area contributed by atoms with E-state index in [9.17, 15) is 0 Å². The van der Waals surface area contributed by atoms with E-state index in [4.69, 9.17) is 5.73 Å². The van der Waals surface area contributed by atoms with Crippen LogP contribution in [0.3, 0.4) is 0 Å². The zero-order valence-electron chi connectivity index (χ0n) is 8.89. The second-order valence-electron chi connectivity index (χ2n) is 3.40. The molecule has 0 radical (unpaired) electrons. The summed E-state index contributed by atoms with van der Waals surface area (Å²) in [5.41, 5.74) is 8.32. The molecule has 1 unspecified atom stereocenters. The van der Waals surface area contributed by atoms with E-state index in [-0.39, 0.29) is 6.04 Å². The maximum absolute atomic E-state index is 6.06. The van der Waals surface area contributed by atoms with Gasteiger partial charge in [-0.25, -0.2) is 0 Å². The molecule has 1 rings (SSSR count). The van der Waals surface area contributed by atoms with Gasteiger partial charge in [0, 0.05) is 6.04 Å². The van der Waals surface area contributed by atoms with Gasteiger partial charge in [-0.2, -0.15) is 0 Å². The summed E-state index contributed by atoms with van der Waals surface area (Å²) in [7, 11) is 0. The molecule has 2 N–H and O–H groups in total. The highest BCUT2D eigenvalue weighted by Gasteiger charge is 2.06. The van der Waals surface area contributed by atoms with Crippen molar-refractivity contribution < 1.29 is 0 Å². The van der Waals surface area contributed by atoms with Gasteiger partial charge < -0.3 is 5.73 Å². The maximum Gasteiger partial charge on any atom is 0.0335 e. The first kappa shape index (κ1) is 11.5. The normalized spacial score (nSPS) is 13.3. The molecule has 0 aliphatic rings. The van der Waals surface area contributed by atoms with Crippen molar-refractivity contribution in [3.8, 4) is 0 Å². The Bertz CT molecular complexity index is 349. The molecule has 1 heteroatoms. The van der Waals surface area contributed by atoms with Crippen LogP contribution in [0.25, 0.3) is 0 Å². The maximum atomic E-state index is 6.06. The van der Waals surface area contributed by atoms with E-state index in [2.05, 4.69) is 25.3 Å². The van der Waals surface area contributed by atoms with Gasteiger partial charge in [-0.1, -0.05) is 61.7 Å². The Morgan fingerprint density at radius 2 is 1.93 bits per heavy atom. The summed E-state index contributed by atoms with van der Waals surface area (Å²) >= 11 is 0. The summed E-state index contributed by atoms with van der Waals surface area (Å²) in [6.07, 6.45) is 6.25. The largest absolute Gasteiger partial charge is 0.324 e. The Morgan fingerprint density at radius 1 is 1.27 bits per heavy atom. The summed E-state index contributed by atoms with van der Waals surface area (Å²) in [4.78, 5) is 0. The van der Waals surface area contributed by atoms with Crippen molar-refractivity contribution in [2.24, 2.45) is 5.73 Å². The quantitative estimate of drug-likeness (QED) is 0.725. The molecule has 0 amide bonds. The highest BCUT2D eigenvalue weighted by Crippen LogP contribution is 2.09. The van der Waals surface area contributed by atoms with E-state index in [0.717, 1.165) is 12.0 Å².